The number of sulfonamides is 1. The van der Waals surface area contributed by atoms with Crippen molar-refractivity contribution in [2.75, 3.05) is 21.6 Å². The lowest BCUT2D eigenvalue weighted by Gasteiger charge is -2.13. The van der Waals surface area contributed by atoms with Crippen LogP contribution in [0.15, 0.2) is 47.8 Å². The van der Waals surface area contributed by atoms with E-state index in [1.54, 1.807) is 23.5 Å². The van der Waals surface area contributed by atoms with E-state index in [0.29, 0.717) is 11.4 Å². The monoisotopic (exact) mass is 444 g/mol. The third kappa shape index (κ3) is 5.65. The van der Waals surface area contributed by atoms with Crippen LogP contribution in [0.5, 0.6) is 0 Å². The minimum atomic E-state index is -3.60. The van der Waals surface area contributed by atoms with Crippen molar-refractivity contribution in [3.63, 3.8) is 0 Å². The van der Waals surface area contributed by atoms with Crippen molar-refractivity contribution in [3.05, 3.63) is 58.4 Å². The molecule has 2 amide bonds. The van der Waals surface area contributed by atoms with Crippen LogP contribution >= 0.6 is 11.3 Å². The van der Waals surface area contributed by atoms with E-state index in [1.165, 1.54) is 25.1 Å². The highest BCUT2D eigenvalue weighted by molar-refractivity contribution is 7.92. The Bertz CT molecular complexity index is 1200. The highest BCUT2D eigenvalue weighted by atomic mass is 32.2. The van der Waals surface area contributed by atoms with Crippen LogP contribution in [-0.4, -0.2) is 31.5 Å². The Kier molecular flexibility index (Phi) is 6.18. The first-order chi connectivity index (χ1) is 14.1. The maximum atomic E-state index is 12.8. The molecule has 0 spiro atoms. The summed E-state index contributed by atoms with van der Waals surface area (Å²) in [7, 11) is -3.60. The fourth-order valence-electron chi connectivity index (χ4n) is 2.72. The summed E-state index contributed by atoms with van der Waals surface area (Å²) < 4.78 is 25.6. The highest BCUT2D eigenvalue weighted by Crippen LogP contribution is 2.25. The van der Waals surface area contributed by atoms with Crippen LogP contribution < -0.4 is 15.4 Å². The molecule has 0 atom stereocenters. The molecule has 10 heteroatoms. The van der Waals surface area contributed by atoms with Gasteiger partial charge in [0, 0.05) is 29.2 Å². The second-order valence-corrected chi connectivity index (χ2v) is 9.41. The van der Waals surface area contributed by atoms with Gasteiger partial charge in [0.25, 0.3) is 5.91 Å². The molecule has 0 saturated heterocycles. The minimum absolute atomic E-state index is 0.0749. The van der Waals surface area contributed by atoms with Crippen molar-refractivity contribution in [2.24, 2.45) is 0 Å². The maximum Gasteiger partial charge on any atom is 0.257 e. The summed E-state index contributed by atoms with van der Waals surface area (Å²) in [6, 6.07) is 11.5. The zero-order valence-corrected chi connectivity index (χ0v) is 18.1. The predicted octanol–water partition coefficient (Wildman–Crippen LogP) is 3.70. The number of aryl methyl sites for hydroxylation is 1. The number of aromatic nitrogens is 1. The van der Waals surface area contributed by atoms with Crippen LogP contribution in [0, 0.1) is 6.92 Å². The summed E-state index contributed by atoms with van der Waals surface area (Å²) in [5.74, 6) is -0.830. The van der Waals surface area contributed by atoms with E-state index in [1.807, 2.05) is 24.4 Å². The van der Waals surface area contributed by atoms with Gasteiger partial charge in [0.05, 0.1) is 28.2 Å². The van der Waals surface area contributed by atoms with Crippen LogP contribution in [-0.2, 0) is 14.8 Å². The zero-order valence-electron chi connectivity index (χ0n) is 16.5. The van der Waals surface area contributed by atoms with Crippen LogP contribution in [0.4, 0.5) is 17.1 Å². The molecule has 0 radical (unpaired) electrons. The number of hydrogen-bond donors (Lipinski definition) is 3. The molecule has 156 valence electrons. The van der Waals surface area contributed by atoms with E-state index in [9.17, 15) is 18.0 Å². The Labute approximate surface area is 178 Å². The molecule has 0 saturated carbocycles. The SMILES string of the molecule is CC(=O)Nc1ccc(NS(C)(=O)=O)c(C(=O)Nc2ccc(-c3csc(C)n3)cc2)c1. The molecule has 1 heterocycles. The number of amides is 2. The van der Waals surface area contributed by atoms with Gasteiger partial charge in [-0.05, 0) is 37.3 Å². The molecule has 3 aromatic rings. The van der Waals surface area contributed by atoms with Crippen LogP contribution in [0.25, 0.3) is 11.3 Å². The molecule has 3 N–H and O–H groups in total. The maximum absolute atomic E-state index is 12.8. The van der Waals surface area contributed by atoms with Gasteiger partial charge in [0.1, 0.15) is 0 Å². The minimum Gasteiger partial charge on any atom is -0.326 e. The van der Waals surface area contributed by atoms with Gasteiger partial charge in [-0.1, -0.05) is 12.1 Å². The predicted molar refractivity (Wildman–Crippen MR) is 119 cm³/mol. The van der Waals surface area contributed by atoms with E-state index in [-0.39, 0.29) is 17.2 Å². The van der Waals surface area contributed by atoms with Crippen molar-refractivity contribution in [1.29, 1.82) is 0 Å². The molecule has 0 bridgehead atoms. The van der Waals surface area contributed by atoms with Gasteiger partial charge in [0.15, 0.2) is 0 Å². The lowest BCUT2D eigenvalue weighted by Crippen LogP contribution is -2.18. The van der Waals surface area contributed by atoms with Crippen molar-refractivity contribution >= 4 is 50.2 Å². The second kappa shape index (κ2) is 8.64. The first-order valence-corrected chi connectivity index (χ1v) is 11.6. The third-order valence-corrected chi connectivity index (χ3v) is 5.30. The summed E-state index contributed by atoms with van der Waals surface area (Å²) in [5, 5.41) is 8.25. The molecule has 0 unspecified atom stereocenters. The molecule has 2 aromatic carbocycles. The van der Waals surface area contributed by atoms with E-state index in [4.69, 9.17) is 0 Å². The fraction of sp³-hybridized carbons (Fsp3) is 0.150. The number of carbonyl (C=O) groups excluding carboxylic acids is 2. The molecule has 0 aliphatic carbocycles. The quantitative estimate of drug-likeness (QED) is 0.536. The number of thiazole rings is 1. The summed E-state index contributed by atoms with van der Waals surface area (Å²) in [6.07, 6.45) is 0.995. The molecule has 30 heavy (non-hydrogen) atoms. The number of carbonyl (C=O) groups is 2. The molecular weight excluding hydrogens is 424 g/mol. The zero-order chi connectivity index (χ0) is 21.9. The molecule has 0 aliphatic rings. The van der Waals surface area contributed by atoms with Crippen LogP contribution in [0.1, 0.15) is 22.3 Å². The van der Waals surface area contributed by atoms with Crippen molar-refractivity contribution in [2.45, 2.75) is 13.8 Å². The standard InChI is InChI=1S/C20H20N4O4S2/c1-12(25)21-16-8-9-18(24-30(3,27)28)17(10-16)20(26)23-15-6-4-14(5-7-15)19-11-29-13(2)22-19/h4-11,24H,1-3H3,(H,21,25)(H,23,26). The van der Waals surface area contributed by atoms with Crippen molar-refractivity contribution in [3.8, 4) is 11.3 Å². The van der Waals surface area contributed by atoms with Crippen LogP contribution in [0.2, 0.25) is 0 Å². The average molecular weight is 445 g/mol. The van der Waals surface area contributed by atoms with Gasteiger partial charge in [0.2, 0.25) is 15.9 Å². The van der Waals surface area contributed by atoms with Gasteiger partial charge < -0.3 is 10.6 Å². The summed E-state index contributed by atoms with van der Waals surface area (Å²) in [5.41, 5.74) is 2.87. The Morgan fingerprint density at radius 3 is 2.23 bits per heavy atom. The largest absolute Gasteiger partial charge is 0.326 e. The van der Waals surface area contributed by atoms with Gasteiger partial charge in [-0.2, -0.15) is 0 Å². The Hall–Kier alpha value is -3.24. The van der Waals surface area contributed by atoms with E-state index in [2.05, 4.69) is 20.3 Å². The number of nitrogens with one attached hydrogen (secondary N) is 3. The molecule has 3 rings (SSSR count). The molecule has 8 nitrogen and oxygen atoms in total. The van der Waals surface area contributed by atoms with Crippen molar-refractivity contribution < 1.29 is 18.0 Å². The second-order valence-electron chi connectivity index (χ2n) is 6.60. The Morgan fingerprint density at radius 1 is 1.00 bits per heavy atom. The third-order valence-electron chi connectivity index (χ3n) is 3.94. The molecule has 1 aromatic heterocycles. The van der Waals surface area contributed by atoms with Crippen molar-refractivity contribution in [1.82, 2.24) is 4.98 Å². The smallest absolute Gasteiger partial charge is 0.257 e. The van der Waals surface area contributed by atoms with Gasteiger partial charge in [-0.15, -0.1) is 11.3 Å². The number of benzene rings is 2. The van der Waals surface area contributed by atoms with E-state index in [0.717, 1.165) is 22.5 Å². The molecular formula is C20H20N4O4S2. The van der Waals surface area contributed by atoms with E-state index >= 15 is 0 Å². The van der Waals surface area contributed by atoms with Crippen LogP contribution in [0.3, 0.4) is 0 Å². The highest BCUT2D eigenvalue weighted by Gasteiger charge is 2.16. The van der Waals surface area contributed by atoms with Gasteiger partial charge in [-0.3, -0.25) is 14.3 Å². The lowest BCUT2D eigenvalue weighted by atomic mass is 10.1. The fourth-order valence-corrected chi connectivity index (χ4v) is 3.92. The first kappa shape index (κ1) is 21.5. The summed E-state index contributed by atoms with van der Waals surface area (Å²) >= 11 is 1.56. The normalized spacial score (nSPS) is 11.0. The Morgan fingerprint density at radius 2 is 1.67 bits per heavy atom. The Balaban J connectivity index is 1.86. The number of nitrogens with zero attached hydrogens (tertiary/aromatic N) is 1. The molecule has 0 fully saturated rings. The number of hydrogen-bond acceptors (Lipinski definition) is 6. The average Bonchev–Trinajstić information content (AvgIpc) is 3.08. The summed E-state index contributed by atoms with van der Waals surface area (Å²) in [6.45, 7) is 3.27. The molecule has 0 aliphatic heterocycles. The lowest BCUT2D eigenvalue weighted by molar-refractivity contribution is -0.114. The van der Waals surface area contributed by atoms with Gasteiger partial charge >= 0.3 is 0 Å². The first-order valence-electron chi connectivity index (χ1n) is 8.84. The van der Waals surface area contributed by atoms with Gasteiger partial charge in [-0.25, -0.2) is 13.4 Å². The summed E-state index contributed by atoms with van der Waals surface area (Å²) in [4.78, 5) is 28.6. The van der Waals surface area contributed by atoms with E-state index < -0.39 is 15.9 Å². The number of rotatable bonds is 6. The topological polar surface area (TPSA) is 117 Å². The number of anilines is 3.